The summed E-state index contributed by atoms with van der Waals surface area (Å²) in [6.07, 6.45) is 4.87. The fraction of sp³-hybridized carbons (Fsp3) is 0.350. The Morgan fingerprint density at radius 1 is 1.29 bits per heavy atom. The Hall–Kier alpha value is -3.29. The standard InChI is InChI=1S/C20H22N6O2/c1-12-16(13(2)25(3)24-12)11-26(14-7-8-14)20(28)15-10-22-18(23-19(15)27)17-6-4-5-9-21-17/h4-6,9-10,14H,7-8,11H2,1-3H3,(H,22,23,27). The van der Waals surface area contributed by atoms with Crippen molar-refractivity contribution in [3.8, 4) is 11.5 Å². The van der Waals surface area contributed by atoms with Crippen LogP contribution in [0, 0.1) is 13.8 Å². The quantitative estimate of drug-likeness (QED) is 0.732. The monoisotopic (exact) mass is 378 g/mol. The van der Waals surface area contributed by atoms with E-state index in [1.807, 2.05) is 31.6 Å². The van der Waals surface area contributed by atoms with Gasteiger partial charge in [0.2, 0.25) is 0 Å². The Morgan fingerprint density at radius 3 is 2.64 bits per heavy atom. The number of aromatic amines is 1. The van der Waals surface area contributed by atoms with Gasteiger partial charge in [-0.1, -0.05) is 6.07 Å². The molecule has 1 amide bonds. The van der Waals surface area contributed by atoms with Crippen LogP contribution in [0.3, 0.4) is 0 Å². The molecule has 8 nitrogen and oxygen atoms in total. The lowest BCUT2D eigenvalue weighted by Gasteiger charge is -2.22. The van der Waals surface area contributed by atoms with Crippen LogP contribution in [0.4, 0.5) is 0 Å². The van der Waals surface area contributed by atoms with Crippen LogP contribution >= 0.6 is 0 Å². The summed E-state index contributed by atoms with van der Waals surface area (Å²) >= 11 is 0. The zero-order valence-corrected chi connectivity index (χ0v) is 16.1. The lowest BCUT2D eigenvalue weighted by Crippen LogP contribution is -2.36. The Balaban J connectivity index is 1.64. The molecule has 0 bridgehead atoms. The topological polar surface area (TPSA) is 96.8 Å². The van der Waals surface area contributed by atoms with Gasteiger partial charge in [-0.05, 0) is 38.8 Å². The summed E-state index contributed by atoms with van der Waals surface area (Å²) in [6.45, 7) is 4.37. The van der Waals surface area contributed by atoms with E-state index in [1.54, 1.807) is 23.2 Å². The third-order valence-corrected chi connectivity index (χ3v) is 5.17. The predicted molar refractivity (Wildman–Crippen MR) is 104 cm³/mol. The molecule has 1 aliphatic rings. The van der Waals surface area contributed by atoms with E-state index in [4.69, 9.17) is 0 Å². The molecule has 1 aliphatic carbocycles. The van der Waals surface area contributed by atoms with Crippen molar-refractivity contribution in [2.75, 3.05) is 0 Å². The molecule has 1 saturated carbocycles. The van der Waals surface area contributed by atoms with Crippen LogP contribution in [-0.2, 0) is 13.6 Å². The Bertz CT molecular complexity index is 1080. The summed E-state index contributed by atoms with van der Waals surface area (Å²) in [5, 5.41) is 4.43. The Kier molecular flexibility index (Phi) is 4.54. The number of aryl methyl sites for hydroxylation is 2. The first-order chi connectivity index (χ1) is 13.5. The van der Waals surface area contributed by atoms with E-state index in [0.717, 1.165) is 29.8 Å². The van der Waals surface area contributed by atoms with Crippen LogP contribution in [0.2, 0.25) is 0 Å². The average molecular weight is 378 g/mol. The minimum Gasteiger partial charge on any atom is -0.331 e. The molecule has 1 N–H and O–H groups in total. The smallest absolute Gasteiger partial charge is 0.264 e. The minimum atomic E-state index is -0.453. The average Bonchev–Trinajstić information content (AvgIpc) is 3.49. The molecule has 0 atom stereocenters. The minimum absolute atomic E-state index is 0.0470. The van der Waals surface area contributed by atoms with E-state index in [0.29, 0.717) is 18.1 Å². The number of aromatic nitrogens is 5. The maximum Gasteiger partial charge on any atom is 0.264 e. The van der Waals surface area contributed by atoms with Crippen molar-refractivity contribution >= 4 is 5.91 Å². The third kappa shape index (κ3) is 3.33. The van der Waals surface area contributed by atoms with Crippen LogP contribution in [0.25, 0.3) is 11.5 Å². The van der Waals surface area contributed by atoms with Gasteiger partial charge in [0.15, 0.2) is 5.82 Å². The van der Waals surface area contributed by atoms with E-state index in [-0.39, 0.29) is 17.5 Å². The van der Waals surface area contributed by atoms with E-state index in [9.17, 15) is 9.59 Å². The largest absolute Gasteiger partial charge is 0.331 e. The van der Waals surface area contributed by atoms with Crippen LogP contribution in [0.1, 0.15) is 40.2 Å². The number of carbonyl (C=O) groups excluding carboxylic acids is 1. The summed E-state index contributed by atoms with van der Waals surface area (Å²) < 4.78 is 1.82. The van der Waals surface area contributed by atoms with Gasteiger partial charge in [0.25, 0.3) is 11.5 Å². The van der Waals surface area contributed by atoms with Crippen molar-refractivity contribution in [3.05, 3.63) is 63.5 Å². The molecule has 28 heavy (non-hydrogen) atoms. The highest BCUT2D eigenvalue weighted by Gasteiger charge is 2.35. The zero-order valence-electron chi connectivity index (χ0n) is 16.1. The lowest BCUT2D eigenvalue weighted by atomic mass is 10.1. The third-order valence-electron chi connectivity index (χ3n) is 5.17. The molecule has 3 aromatic heterocycles. The lowest BCUT2D eigenvalue weighted by molar-refractivity contribution is 0.0727. The number of rotatable bonds is 5. The molecular weight excluding hydrogens is 356 g/mol. The number of hydrogen-bond acceptors (Lipinski definition) is 5. The highest BCUT2D eigenvalue weighted by molar-refractivity contribution is 5.94. The van der Waals surface area contributed by atoms with Crippen molar-refractivity contribution in [1.29, 1.82) is 0 Å². The van der Waals surface area contributed by atoms with Crippen LogP contribution in [-0.4, -0.2) is 41.6 Å². The van der Waals surface area contributed by atoms with E-state index in [2.05, 4.69) is 20.1 Å². The number of carbonyl (C=O) groups is 1. The number of nitrogens with zero attached hydrogens (tertiary/aromatic N) is 5. The summed E-state index contributed by atoms with van der Waals surface area (Å²) in [5.41, 5.74) is 3.10. The highest BCUT2D eigenvalue weighted by atomic mass is 16.2. The SMILES string of the molecule is Cc1nn(C)c(C)c1CN(C(=O)c1cnc(-c2ccccn2)[nH]c1=O)C1CC1. The van der Waals surface area contributed by atoms with Crippen molar-refractivity contribution in [2.24, 2.45) is 7.05 Å². The molecule has 3 aromatic rings. The highest BCUT2D eigenvalue weighted by Crippen LogP contribution is 2.30. The van der Waals surface area contributed by atoms with E-state index < -0.39 is 5.56 Å². The van der Waals surface area contributed by atoms with Crippen LogP contribution < -0.4 is 5.56 Å². The molecule has 8 heteroatoms. The first-order valence-corrected chi connectivity index (χ1v) is 9.26. The van der Waals surface area contributed by atoms with E-state index >= 15 is 0 Å². The molecule has 0 saturated heterocycles. The number of H-pyrrole nitrogens is 1. The van der Waals surface area contributed by atoms with Crippen molar-refractivity contribution in [2.45, 2.75) is 39.3 Å². The second kappa shape index (κ2) is 7.03. The van der Waals surface area contributed by atoms with Gasteiger partial charge in [-0.25, -0.2) is 4.98 Å². The molecular formula is C20H22N6O2. The zero-order chi connectivity index (χ0) is 19.8. The van der Waals surface area contributed by atoms with E-state index in [1.165, 1.54) is 6.20 Å². The summed E-state index contributed by atoms with van der Waals surface area (Å²) in [6, 6.07) is 5.51. The van der Waals surface area contributed by atoms with Crippen LogP contribution in [0.15, 0.2) is 35.4 Å². The van der Waals surface area contributed by atoms with Gasteiger partial charge in [0, 0.05) is 43.3 Å². The van der Waals surface area contributed by atoms with Gasteiger partial charge in [0.05, 0.1) is 5.69 Å². The molecule has 0 radical (unpaired) electrons. The van der Waals surface area contributed by atoms with Crippen molar-refractivity contribution in [1.82, 2.24) is 29.6 Å². The molecule has 144 valence electrons. The number of nitrogens with one attached hydrogen (secondary N) is 1. The summed E-state index contributed by atoms with van der Waals surface area (Å²) in [5.74, 6) is 0.0468. The number of pyridine rings is 1. The maximum atomic E-state index is 13.2. The van der Waals surface area contributed by atoms with Gasteiger partial charge in [-0.3, -0.25) is 19.3 Å². The number of amides is 1. The molecule has 0 spiro atoms. The Labute approximate surface area is 162 Å². The molecule has 1 fully saturated rings. The fourth-order valence-corrected chi connectivity index (χ4v) is 3.30. The van der Waals surface area contributed by atoms with Gasteiger partial charge < -0.3 is 9.88 Å². The first kappa shape index (κ1) is 18.1. The Morgan fingerprint density at radius 2 is 2.07 bits per heavy atom. The predicted octanol–water partition coefficient (Wildman–Crippen LogP) is 1.99. The summed E-state index contributed by atoms with van der Waals surface area (Å²) in [4.78, 5) is 38.6. The molecule has 3 heterocycles. The van der Waals surface area contributed by atoms with Crippen molar-refractivity contribution < 1.29 is 4.79 Å². The number of hydrogen-bond donors (Lipinski definition) is 1. The molecule has 0 aliphatic heterocycles. The summed E-state index contributed by atoms with van der Waals surface area (Å²) in [7, 11) is 1.89. The second-order valence-corrected chi connectivity index (χ2v) is 7.13. The fourth-order valence-electron chi connectivity index (χ4n) is 3.30. The van der Waals surface area contributed by atoms with Gasteiger partial charge >= 0.3 is 0 Å². The molecule has 0 unspecified atom stereocenters. The maximum absolute atomic E-state index is 13.2. The van der Waals surface area contributed by atoms with Gasteiger partial charge in [-0.2, -0.15) is 5.10 Å². The molecule has 4 rings (SSSR count). The normalized spacial score (nSPS) is 13.5. The van der Waals surface area contributed by atoms with Crippen LogP contribution in [0.5, 0.6) is 0 Å². The van der Waals surface area contributed by atoms with Crippen molar-refractivity contribution in [3.63, 3.8) is 0 Å². The van der Waals surface area contributed by atoms with Gasteiger partial charge in [0.1, 0.15) is 11.3 Å². The second-order valence-electron chi connectivity index (χ2n) is 7.13. The first-order valence-electron chi connectivity index (χ1n) is 9.26. The molecule has 0 aromatic carbocycles. The van der Waals surface area contributed by atoms with Gasteiger partial charge in [-0.15, -0.1) is 0 Å².